The van der Waals surface area contributed by atoms with Gasteiger partial charge in [0.25, 0.3) is 5.56 Å². The quantitative estimate of drug-likeness (QED) is 0.705. The molecular formula is C17H19N3O4S. The molecule has 7 nitrogen and oxygen atoms in total. The number of nitrogens with one attached hydrogen (secondary N) is 2. The molecule has 0 amide bonds. The highest BCUT2D eigenvalue weighted by atomic mass is 32.2. The first-order valence-corrected chi connectivity index (χ1v) is 9.33. The van der Waals surface area contributed by atoms with Gasteiger partial charge in [-0.3, -0.25) is 9.78 Å². The maximum Gasteiger partial charge on any atom is 0.328 e. The lowest BCUT2D eigenvalue weighted by atomic mass is 10.0. The predicted octanol–water partition coefficient (Wildman–Crippen LogP) is 0.589. The summed E-state index contributed by atoms with van der Waals surface area (Å²) < 4.78 is 28.3. The molecule has 0 bridgehead atoms. The van der Waals surface area contributed by atoms with Gasteiger partial charge in [0, 0.05) is 30.4 Å². The number of aromatic amines is 1. The Morgan fingerprint density at radius 1 is 1.28 bits per heavy atom. The summed E-state index contributed by atoms with van der Waals surface area (Å²) in [7, 11) is -3.55. The number of nitrogens with zero attached hydrogens (tertiary/aromatic N) is 1. The molecule has 1 aromatic heterocycles. The third-order valence-corrected chi connectivity index (χ3v) is 5.19. The summed E-state index contributed by atoms with van der Waals surface area (Å²) in [4.78, 5) is 24.7. The fraction of sp³-hybridized carbons (Fsp3) is 0.294. The summed E-state index contributed by atoms with van der Waals surface area (Å²) in [6.45, 7) is 1.91. The monoisotopic (exact) mass is 361 g/mol. The number of hydrogen-bond donors (Lipinski definition) is 2. The van der Waals surface area contributed by atoms with Crippen LogP contribution in [0.15, 0.2) is 46.1 Å². The minimum absolute atomic E-state index is 0.152. The van der Waals surface area contributed by atoms with Crippen molar-refractivity contribution in [3.63, 3.8) is 0 Å². The largest absolute Gasteiger partial charge is 0.328 e. The first kappa shape index (κ1) is 18.7. The van der Waals surface area contributed by atoms with E-state index < -0.39 is 27.3 Å². The zero-order chi connectivity index (χ0) is 18.4. The van der Waals surface area contributed by atoms with Crippen molar-refractivity contribution in [2.45, 2.75) is 25.9 Å². The summed E-state index contributed by atoms with van der Waals surface area (Å²) in [6, 6.07) is 7.87. The predicted molar refractivity (Wildman–Crippen MR) is 95.7 cm³/mol. The second-order valence-electron chi connectivity index (χ2n) is 5.55. The van der Waals surface area contributed by atoms with E-state index in [0.29, 0.717) is 5.56 Å². The molecule has 0 saturated carbocycles. The molecule has 0 saturated heterocycles. The summed E-state index contributed by atoms with van der Waals surface area (Å²) in [6.07, 6.45) is 7.00. The summed E-state index contributed by atoms with van der Waals surface area (Å²) in [5, 5.41) is 0. The zero-order valence-electron chi connectivity index (χ0n) is 13.7. The highest BCUT2D eigenvalue weighted by Gasteiger charge is 2.17. The molecule has 0 spiro atoms. The van der Waals surface area contributed by atoms with E-state index in [9.17, 15) is 18.0 Å². The van der Waals surface area contributed by atoms with Gasteiger partial charge >= 0.3 is 5.69 Å². The molecule has 0 aliphatic carbocycles. The molecule has 1 unspecified atom stereocenters. The Kier molecular flexibility index (Phi) is 5.96. The standard InChI is InChI=1S/C17H19N3O4S/c1-3-14-7-4-5-8-15(14)13(2)19-25(23,24)12-6-10-20-11-9-16(21)18-17(20)22/h1,4-5,7-9,11,13,19H,6,10,12H2,2H3,(H,18,21,22). The van der Waals surface area contributed by atoms with E-state index >= 15 is 0 Å². The maximum atomic E-state index is 12.2. The van der Waals surface area contributed by atoms with Crippen LogP contribution >= 0.6 is 0 Å². The average Bonchev–Trinajstić information content (AvgIpc) is 2.56. The van der Waals surface area contributed by atoms with E-state index in [1.807, 2.05) is 0 Å². The van der Waals surface area contributed by atoms with Gasteiger partial charge in [-0.2, -0.15) is 0 Å². The Morgan fingerprint density at radius 2 is 2.00 bits per heavy atom. The Bertz CT molecular complexity index is 999. The number of hydrogen-bond acceptors (Lipinski definition) is 4. The van der Waals surface area contributed by atoms with Gasteiger partial charge in [0.05, 0.1) is 5.75 Å². The van der Waals surface area contributed by atoms with Gasteiger partial charge in [-0.05, 0) is 25.0 Å². The van der Waals surface area contributed by atoms with E-state index in [-0.39, 0.29) is 18.7 Å². The smallest absolute Gasteiger partial charge is 0.301 e. The summed E-state index contributed by atoms with van der Waals surface area (Å²) in [5.74, 6) is 2.38. The number of aromatic nitrogens is 2. The molecule has 0 aliphatic heterocycles. The van der Waals surface area contributed by atoms with Crippen LogP contribution in [0.5, 0.6) is 0 Å². The number of sulfonamides is 1. The van der Waals surface area contributed by atoms with Gasteiger partial charge in [-0.15, -0.1) is 6.42 Å². The van der Waals surface area contributed by atoms with Crippen molar-refractivity contribution in [1.82, 2.24) is 14.3 Å². The fourth-order valence-electron chi connectivity index (χ4n) is 2.44. The van der Waals surface area contributed by atoms with Crippen LogP contribution in [0.4, 0.5) is 0 Å². The highest BCUT2D eigenvalue weighted by molar-refractivity contribution is 7.89. The lowest BCUT2D eigenvalue weighted by molar-refractivity contribution is 0.556. The molecular weight excluding hydrogens is 342 g/mol. The third kappa shape index (κ3) is 5.17. The van der Waals surface area contributed by atoms with Crippen molar-refractivity contribution in [1.29, 1.82) is 0 Å². The molecule has 25 heavy (non-hydrogen) atoms. The fourth-order valence-corrected chi connectivity index (χ4v) is 3.74. The van der Waals surface area contributed by atoms with Crippen molar-refractivity contribution in [2.24, 2.45) is 0 Å². The minimum Gasteiger partial charge on any atom is -0.301 e. The average molecular weight is 361 g/mol. The second kappa shape index (κ2) is 7.96. The molecule has 2 aromatic rings. The van der Waals surface area contributed by atoms with Crippen LogP contribution < -0.4 is 16.0 Å². The van der Waals surface area contributed by atoms with Crippen LogP contribution in [0, 0.1) is 12.3 Å². The molecule has 0 radical (unpaired) electrons. The lowest BCUT2D eigenvalue weighted by Gasteiger charge is -2.16. The van der Waals surface area contributed by atoms with Gasteiger partial charge in [0.1, 0.15) is 0 Å². The van der Waals surface area contributed by atoms with Gasteiger partial charge in [0.2, 0.25) is 10.0 Å². The van der Waals surface area contributed by atoms with Crippen LogP contribution in [-0.4, -0.2) is 23.7 Å². The number of aryl methyl sites for hydroxylation is 1. The molecule has 2 rings (SSSR count). The molecule has 0 fully saturated rings. The van der Waals surface area contributed by atoms with Gasteiger partial charge in [-0.25, -0.2) is 17.9 Å². The van der Waals surface area contributed by atoms with Crippen molar-refractivity contribution in [3.8, 4) is 12.3 Å². The molecule has 0 aliphatic rings. The first-order valence-electron chi connectivity index (χ1n) is 7.68. The molecule has 1 heterocycles. The highest BCUT2D eigenvalue weighted by Crippen LogP contribution is 2.17. The van der Waals surface area contributed by atoms with Crippen LogP contribution in [0.25, 0.3) is 0 Å². The number of terminal acetylenes is 1. The van der Waals surface area contributed by atoms with Crippen molar-refractivity contribution in [2.75, 3.05) is 5.75 Å². The van der Waals surface area contributed by atoms with Crippen molar-refractivity contribution >= 4 is 10.0 Å². The van der Waals surface area contributed by atoms with Crippen LogP contribution in [0.3, 0.4) is 0 Å². The van der Waals surface area contributed by atoms with Crippen LogP contribution in [0.1, 0.15) is 30.5 Å². The zero-order valence-corrected chi connectivity index (χ0v) is 14.5. The van der Waals surface area contributed by atoms with Gasteiger partial charge in [-0.1, -0.05) is 24.1 Å². The molecule has 1 atom stereocenters. The van der Waals surface area contributed by atoms with E-state index in [0.717, 1.165) is 5.56 Å². The van der Waals surface area contributed by atoms with Gasteiger partial charge in [0.15, 0.2) is 0 Å². The van der Waals surface area contributed by atoms with E-state index in [4.69, 9.17) is 6.42 Å². The molecule has 1 aromatic carbocycles. The molecule has 132 valence electrons. The minimum atomic E-state index is -3.55. The number of rotatable bonds is 7. The normalized spacial score (nSPS) is 12.5. The SMILES string of the molecule is C#Cc1ccccc1C(C)NS(=O)(=O)CCCn1ccc(=O)[nH]c1=O. The topological polar surface area (TPSA) is 101 Å². The van der Waals surface area contributed by atoms with Gasteiger partial charge < -0.3 is 4.57 Å². The van der Waals surface area contributed by atoms with E-state index in [1.54, 1.807) is 31.2 Å². The van der Waals surface area contributed by atoms with Crippen LogP contribution in [0.2, 0.25) is 0 Å². The summed E-state index contributed by atoms with van der Waals surface area (Å²) in [5.41, 5.74) is 0.314. The van der Waals surface area contributed by atoms with E-state index in [2.05, 4.69) is 15.6 Å². The number of benzene rings is 1. The summed E-state index contributed by atoms with van der Waals surface area (Å²) >= 11 is 0. The van der Waals surface area contributed by atoms with E-state index in [1.165, 1.54) is 16.8 Å². The molecule has 2 N–H and O–H groups in total. The first-order chi connectivity index (χ1) is 11.8. The Labute approximate surface area is 145 Å². The number of H-pyrrole nitrogens is 1. The lowest BCUT2D eigenvalue weighted by Crippen LogP contribution is -2.32. The van der Waals surface area contributed by atoms with Crippen LogP contribution in [-0.2, 0) is 16.6 Å². The maximum absolute atomic E-state index is 12.2. The Morgan fingerprint density at radius 3 is 2.68 bits per heavy atom. The van der Waals surface area contributed by atoms with Crippen molar-refractivity contribution in [3.05, 3.63) is 68.5 Å². The Hall–Kier alpha value is -2.63. The molecule has 8 heteroatoms. The van der Waals surface area contributed by atoms with Crippen molar-refractivity contribution < 1.29 is 8.42 Å². The Balaban J connectivity index is 1.99. The second-order valence-corrected chi connectivity index (χ2v) is 7.42. The third-order valence-electron chi connectivity index (χ3n) is 3.65.